The first-order valence-corrected chi connectivity index (χ1v) is 6.14. The number of nitrogens with zero attached hydrogens (tertiary/aromatic N) is 1. The molecule has 2 aromatic rings. The van der Waals surface area contributed by atoms with Crippen molar-refractivity contribution in [1.82, 2.24) is 4.98 Å². The van der Waals surface area contributed by atoms with E-state index in [0.717, 1.165) is 16.6 Å². The number of hydrogen-bond acceptors (Lipinski definition) is 4. The van der Waals surface area contributed by atoms with Gasteiger partial charge in [-0.2, -0.15) is 0 Å². The molecule has 1 aromatic heterocycles. The molecule has 0 aliphatic carbocycles. The van der Waals surface area contributed by atoms with Crippen LogP contribution in [0.1, 0.15) is 13.8 Å². The largest absolute Gasteiger partial charge is 0.397 e. The van der Waals surface area contributed by atoms with Gasteiger partial charge in [0.1, 0.15) is 0 Å². The summed E-state index contributed by atoms with van der Waals surface area (Å²) >= 11 is 0. The lowest BCUT2D eigenvalue weighted by atomic mass is 10.1. The first-order valence-electron chi connectivity index (χ1n) is 6.14. The van der Waals surface area contributed by atoms with Crippen molar-refractivity contribution >= 4 is 22.3 Å². The van der Waals surface area contributed by atoms with E-state index in [1.807, 2.05) is 38.1 Å². The van der Waals surface area contributed by atoms with Gasteiger partial charge in [0.2, 0.25) is 0 Å². The van der Waals surface area contributed by atoms with Crippen LogP contribution < -0.4 is 11.1 Å². The van der Waals surface area contributed by atoms with Gasteiger partial charge in [-0.15, -0.1) is 0 Å². The third-order valence-electron chi connectivity index (χ3n) is 3.10. The molecule has 0 saturated heterocycles. The molecule has 0 amide bonds. The molecule has 4 N–H and O–H groups in total. The lowest BCUT2D eigenvalue weighted by molar-refractivity contribution is 0.138. The number of fused-ring (bicyclic) bond motifs is 1. The smallest absolute Gasteiger partial charge is 0.0735 e. The molecule has 96 valence electrons. The zero-order valence-corrected chi connectivity index (χ0v) is 10.7. The number of benzene rings is 1. The highest BCUT2D eigenvalue weighted by molar-refractivity contribution is 5.96. The molecule has 0 aliphatic rings. The second-order valence-electron chi connectivity index (χ2n) is 4.79. The quantitative estimate of drug-likeness (QED) is 0.722. The number of aliphatic hydroxyl groups is 1. The van der Waals surface area contributed by atoms with Crippen molar-refractivity contribution < 1.29 is 5.11 Å². The molecule has 0 spiro atoms. The number of pyridine rings is 1. The number of anilines is 2. The van der Waals surface area contributed by atoms with E-state index < -0.39 is 0 Å². The van der Waals surface area contributed by atoms with Crippen molar-refractivity contribution in [3.8, 4) is 0 Å². The van der Waals surface area contributed by atoms with Crippen LogP contribution >= 0.6 is 0 Å². The molecule has 1 unspecified atom stereocenters. The Hall–Kier alpha value is -1.81. The molecule has 1 aromatic carbocycles. The molecule has 1 heterocycles. The van der Waals surface area contributed by atoms with Gasteiger partial charge in [0.05, 0.1) is 23.0 Å². The van der Waals surface area contributed by atoms with Gasteiger partial charge >= 0.3 is 0 Å². The summed E-state index contributed by atoms with van der Waals surface area (Å²) < 4.78 is 0. The van der Waals surface area contributed by atoms with Gasteiger partial charge in [-0.05, 0) is 30.2 Å². The van der Waals surface area contributed by atoms with Crippen LogP contribution in [0.15, 0.2) is 30.5 Å². The molecular formula is C14H19N3O. The van der Waals surface area contributed by atoms with Crippen molar-refractivity contribution in [3.05, 3.63) is 30.5 Å². The number of hydrogen-bond donors (Lipinski definition) is 3. The molecule has 1 atom stereocenters. The Morgan fingerprint density at radius 1 is 1.33 bits per heavy atom. The van der Waals surface area contributed by atoms with Crippen LogP contribution in [0.25, 0.3) is 10.9 Å². The summed E-state index contributed by atoms with van der Waals surface area (Å²) in [7, 11) is 0. The summed E-state index contributed by atoms with van der Waals surface area (Å²) in [6, 6.07) is 7.64. The number of aromatic nitrogens is 1. The van der Waals surface area contributed by atoms with Crippen LogP contribution in [-0.4, -0.2) is 22.7 Å². The first kappa shape index (κ1) is 12.6. The number of rotatable bonds is 4. The first-order chi connectivity index (χ1) is 8.59. The summed E-state index contributed by atoms with van der Waals surface area (Å²) in [5, 5.41) is 13.9. The molecule has 0 aliphatic heterocycles. The number of nitrogen functional groups attached to an aromatic ring is 1. The zero-order valence-electron chi connectivity index (χ0n) is 10.7. The van der Waals surface area contributed by atoms with Gasteiger partial charge < -0.3 is 16.2 Å². The maximum Gasteiger partial charge on any atom is 0.0735 e. The number of nitrogens with two attached hydrogens (primary N) is 1. The van der Waals surface area contributed by atoms with Gasteiger partial charge in [0.15, 0.2) is 0 Å². The Morgan fingerprint density at radius 2 is 2.11 bits per heavy atom. The fourth-order valence-electron chi connectivity index (χ4n) is 1.78. The Morgan fingerprint density at radius 3 is 2.83 bits per heavy atom. The molecule has 4 heteroatoms. The predicted octanol–water partition coefficient (Wildman–Crippen LogP) is 2.25. The summed E-state index contributed by atoms with van der Waals surface area (Å²) in [6.45, 7) is 4.47. The van der Waals surface area contributed by atoms with Gasteiger partial charge in [-0.3, -0.25) is 4.98 Å². The number of nitrogens with one attached hydrogen (secondary N) is 1. The molecule has 0 saturated carbocycles. The van der Waals surface area contributed by atoms with Crippen molar-refractivity contribution in [2.45, 2.75) is 20.0 Å². The minimum Gasteiger partial charge on any atom is -0.397 e. The van der Waals surface area contributed by atoms with Crippen molar-refractivity contribution in [2.75, 3.05) is 17.6 Å². The van der Waals surface area contributed by atoms with Crippen LogP contribution in [0.5, 0.6) is 0 Å². The fraction of sp³-hybridized carbons (Fsp3) is 0.357. The lowest BCUT2D eigenvalue weighted by Crippen LogP contribution is -2.25. The van der Waals surface area contributed by atoms with Gasteiger partial charge in [0.25, 0.3) is 0 Å². The SMILES string of the molecule is CC(C)C(O)CNc1ccc2ncccc2c1N. The topological polar surface area (TPSA) is 71.2 Å². The molecule has 4 nitrogen and oxygen atoms in total. The minimum atomic E-state index is -0.381. The van der Waals surface area contributed by atoms with E-state index in [1.165, 1.54) is 0 Å². The molecule has 0 fully saturated rings. The second kappa shape index (κ2) is 5.23. The van der Waals surface area contributed by atoms with Crippen molar-refractivity contribution in [3.63, 3.8) is 0 Å². The zero-order chi connectivity index (χ0) is 13.1. The minimum absolute atomic E-state index is 0.223. The average molecular weight is 245 g/mol. The van der Waals surface area contributed by atoms with E-state index in [2.05, 4.69) is 10.3 Å². The highest BCUT2D eigenvalue weighted by atomic mass is 16.3. The summed E-state index contributed by atoms with van der Waals surface area (Å²) in [4.78, 5) is 4.25. The number of aliphatic hydroxyl groups excluding tert-OH is 1. The van der Waals surface area contributed by atoms with Gasteiger partial charge in [-0.25, -0.2) is 0 Å². The Labute approximate surface area is 107 Å². The molecule has 2 rings (SSSR count). The summed E-state index contributed by atoms with van der Waals surface area (Å²) in [6.07, 6.45) is 1.37. The van der Waals surface area contributed by atoms with Crippen molar-refractivity contribution in [1.29, 1.82) is 0 Å². The second-order valence-corrected chi connectivity index (χ2v) is 4.79. The summed E-state index contributed by atoms with van der Waals surface area (Å²) in [5.41, 5.74) is 8.50. The van der Waals surface area contributed by atoms with E-state index in [9.17, 15) is 5.11 Å². The molecule has 18 heavy (non-hydrogen) atoms. The predicted molar refractivity (Wildman–Crippen MR) is 75.5 cm³/mol. The highest BCUT2D eigenvalue weighted by Crippen LogP contribution is 2.27. The van der Waals surface area contributed by atoms with Crippen LogP contribution in [0.2, 0.25) is 0 Å². The molecule has 0 radical (unpaired) electrons. The average Bonchev–Trinajstić information content (AvgIpc) is 2.38. The monoisotopic (exact) mass is 245 g/mol. The fourth-order valence-corrected chi connectivity index (χ4v) is 1.78. The highest BCUT2D eigenvalue weighted by Gasteiger charge is 2.10. The van der Waals surface area contributed by atoms with E-state index >= 15 is 0 Å². The molecule has 0 bridgehead atoms. The maximum absolute atomic E-state index is 9.78. The van der Waals surface area contributed by atoms with E-state index in [4.69, 9.17) is 5.73 Å². The Balaban J connectivity index is 2.21. The van der Waals surface area contributed by atoms with Gasteiger partial charge in [0, 0.05) is 18.1 Å². The maximum atomic E-state index is 9.78. The standard InChI is InChI=1S/C14H19N3O/c1-9(2)13(18)8-17-12-6-5-11-10(14(12)15)4-3-7-16-11/h3-7,9,13,17-18H,8,15H2,1-2H3. The van der Waals surface area contributed by atoms with E-state index in [1.54, 1.807) is 6.20 Å². The molecular weight excluding hydrogens is 226 g/mol. The third kappa shape index (κ3) is 2.54. The van der Waals surface area contributed by atoms with Crippen LogP contribution in [0.4, 0.5) is 11.4 Å². The van der Waals surface area contributed by atoms with Crippen LogP contribution in [-0.2, 0) is 0 Å². The van der Waals surface area contributed by atoms with Gasteiger partial charge in [-0.1, -0.05) is 13.8 Å². The van der Waals surface area contributed by atoms with Crippen LogP contribution in [0, 0.1) is 5.92 Å². The summed E-state index contributed by atoms with van der Waals surface area (Å²) in [5.74, 6) is 0.223. The normalized spacial score (nSPS) is 12.9. The van der Waals surface area contributed by atoms with Crippen molar-refractivity contribution in [2.24, 2.45) is 5.92 Å². The van der Waals surface area contributed by atoms with Crippen LogP contribution in [0.3, 0.4) is 0 Å². The third-order valence-corrected chi connectivity index (χ3v) is 3.10. The lowest BCUT2D eigenvalue weighted by Gasteiger charge is -2.17. The van der Waals surface area contributed by atoms with E-state index in [-0.39, 0.29) is 12.0 Å². The Bertz CT molecular complexity index is 540. The Kier molecular flexibility index (Phi) is 3.67. The van der Waals surface area contributed by atoms with E-state index in [0.29, 0.717) is 12.2 Å².